The van der Waals surface area contributed by atoms with Crippen molar-refractivity contribution in [3.8, 4) is 0 Å². The molecule has 102 valence electrons. The normalized spacial score (nSPS) is 24.3. The van der Waals surface area contributed by atoms with E-state index >= 15 is 0 Å². The van der Waals surface area contributed by atoms with Gasteiger partial charge in [-0.05, 0) is 25.7 Å². The van der Waals surface area contributed by atoms with Crippen LogP contribution in [0.5, 0.6) is 0 Å². The summed E-state index contributed by atoms with van der Waals surface area (Å²) in [6.07, 6.45) is 6.36. The number of hydrogen-bond acceptors (Lipinski definition) is 5. The number of nitrogens with zero attached hydrogens (tertiary/aromatic N) is 2. The molecule has 2 rings (SSSR count). The van der Waals surface area contributed by atoms with Crippen LogP contribution in [0, 0.1) is 5.92 Å². The standard InChI is InChI=1S/C13H23N3O2/c1-2-17-8-7-12-15-13(18-16-12)9-10-5-3-4-6-11(10)14/h10-11H,2-9,14H2,1H3. The fourth-order valence-electron chi connectivity index (χ4n) is 2.50. The Balaban J connectivity index is 1.82. The molecule has 1 aromatic heterocycles. The lowest BCUT2D eigenvalue weighted by atomic mass is 9.83. The van der Waals surface area contributed by atoms with Gasteiger partial charge in [0.05, 0.1) is 6.61 Å². The third-order valence-corrected chi connectivity index (χ3v) is 3.59. The van der Waals surface area contributed by atoms with Crippen molar-refractivity contribution in [2.75, 3.05) is 13.2 Å². The van der Waals surface area contributed by atoms with E-state index in [9.17, 15) is 0 Å². The van der Waals surface area contributed by atoms with Gasteiger partial charge in [-0.3, -0.25) is 0 Å². The topological polar surface area (TPSA) is 74.2 Å². The van der Waals surface area contributed by atoms with Gasteiger partial charge in [0.15, 0.2) is 5.82 Å². The molecule has 2 N–H and O–H groups in total. The molecule has 0 spiro atoms. The maximum atomic E-state index is 6.12. The lowest BCUT2D eigenvalue weighted by Crippen LogP contribution is -2.34. The largest absolute Gasteiger partial charge is 0.381 e. The average Bonchev–Trinajstić information content (AvgIpc) is 2.80. The molecule has 2 atom stereocenters. The summed E-state index contributed by atoms with van der Waals surface area (Å²) in [5.41, 5.74) is 6.12. The molecule has 0 bridgehead atoms. The Morgan fingerprint density at radius 2 is 2.22 bits per heavy atom. The van der Waals surface area contributed by atoms with Gasteiger partial charge in [-0.2, -0.15) is 4.98 Å². The van der Waals surface area contributed by atoms with E-state index < -0.39 is 0 Å². The molecule has 18 heavy (non-hydrogen) atoms. The molecule has 0 saturated heterocycles. The van der Waals surface area contributed by atoms with Crippen molar-refractivity contribution in [2.24, 2.45) is 11.7 Å². The zero-order valence-corrected chi connectivity index (χ0v) is 11.1. The molecule has 0 aromatic carbocycles. The van der Waals surface area contributed by atoms with Gasteiger partial charge >= 0.3 is 0 Å². The van der Waals surface area contributed by atoms with E-state index in [4.69, 9.17) is 15.0 Å². The quantitative estimate of drug-likeness (QED) is 0.781. The van der Waals surface area contributed by atoms with Crippen LogP contribution in [0.3, 0.4) is 0 Å². The Labute approximate surface area is 108 Å². The SMILES string of the molecule is CCOCCc1noc(CC2CCCCC2N)n1. The molecular formula is C13H23N3O2. The molecule has 0 aliphatic heterocycles. The highest BCUT2D eigenvalue weighted by Gasteiger charge is 2.24. The maximum Gasteiger partial charge on any atom is 0.226 e. The minimum atomic E-state index is 0.289. The van der Waals surface area contributed by atoms with E-state index in [-0.39, 0.29) is 6.04 Å². The minimum Gasteiger partial charge on any atom is -0.381 e. The monoisotopic (exact) mass is 253 g/mol. The summed E-state index contributed by atoms with van der Waals surface area (Å²) in [6, 6.07) is 0.289. The Morgan fingerprint density at radius 3 is 3.00 bits per heavy atom. The molecule has 1 aromatic rings. The number of rotatable bonds is 6. The summed E-state index contributed by atoms with van der Waals surface area (Å²) in [7, 11) is 0. The van der Waals surface area contributed by atoms with Crippen LogP contribution in [0.1, 0.15) is 44.3 Å². The zero-order valence-electron chi connectivity index (χ0n) is 11.1. The summed E-state index contributed by atoms with van der Waals surface area (Å²) < 4.78 is 10.5. The van der Waals surface area contributed by atoms with Crippen LogP contribution in [-0.4, -0.2) is 29.4 Å². The van der Waals surface area contributed by atoms with Gasteiger partial charge in [0.25, 0.3) is 0 Å². The fraction of sp³-hybridized carbons (Fsp3) is 0.846. The molecule has 1 fully saturated rings. The number of aromatic nitrogens is 2. The predicted octanol–water partition coefficient (Wildman–Crippen LogP) is 1.71. The molecule has 1 heterocycles. The van der Waals surface area contributed by atoms with Gasteiger partial charge in [-0.25, -0.2) is 0 Å². The molecule has 1 saturated carbocycles. The van der Waals surface area contributed by atoms with Gasteiger partial charge < -0.3 is 15.0 Å². The Bertz CT molecular complexity index is 354. The second kappa shape index (κ2) is 6.85. The van der Waals surface area contributed by atoms with Crippen LogP contribution in [0.4, 0.5) is 0 Å². The molecular weight excluding hydrogens is 230 g/mol. The molecule has 5 nitrogen and oxygen atoms in total. The molecule has 5 heteroatoms. The highest BCUT2D eigenvalue weighted by molar-refractivity contribution is 4.91. The fourth-order valence-corrected chi connectivity index (χ4v) is 2.50. The smallest absolute Gasteiger partial charge is 0.226 e. The van der Waals surface area contributed by atoms with Crippen LogP contribution < -0.4 is 5.73 Å². The summed E-state index contributed by atoms with van der Waals surface area (Å²) >= 11 is 0. The van der Waals surface area contributed by atoms with Crippen molar-refractivity contribution in [3.63, 3.8) is 0 Å². The summed E-state index contributed by atoms with van der Waals surface area (Å²) in [6.45, 7) is 3.35. The van der Waals surface area contributed by atoms with Gasteiger partial charge in [-0.15, -0.1) is 0 Å². The molecule has 0 radical (unpaired) electrons. The van der Waals surface area contributed by atoms with Crippen molar-refractivity contribution in [1.82, 2.24) is 10.1 Å². The Morgan fingerprint density at radius 1 is 1.39 bits per heavy atom. The molecule has 1 aliphatic rings. The number of hydrogen-bond donors (Lipinski definition) is 1. The van der Waals surface area contributed by atoms with Crippen molar-refractivity contribution in [3.05, 3.63) is 11.7 Å². The third kappa shape index (κ3) is 3.78. The molecule has 0 amide bonds. The number of ether oxygens (including phenoxy) is 1. The van der Waals surface area contributed by atoms with Crippen LogP contribution in [0.15, 0.2) is 4.52 Å². The second-order valence-corrected chi connectivity index (χ2v) is 4.96. The van der Waals surface area contributed by atoms with E-state index in [2.05, 4.69) is 10.1 Å². The van der Waals surface area contributed by atoms with Crippen LogP contribution >= 0.6 is 0 Å². The van der Waals surface area contributed by atoms with Crippen LogP contribution in [0.25, 0.3) is 0 Å². The highest BCUT2D eigenvalue weighted by atomic mass is 16.5. The first-order chi connectivity index (χ1) is 8.79. The van der Waals surface area contributed by atoms with Gasteiger partial charge in [0.1, 0.15) is 0 Å². The Hall–Kier alpha value is -0.940. The van der Waals surface area contributed by atoms with Crippen molar-refractivity contribution < 1.29 is 9.26 Å². The maximum absolute atomic E-state index is 6.12. The van der Waals surface area contributed by atoms with Crippen molar-refractivity contribution in [2.45, 2.75) is 51.5 Å². The van der Waals surface area contributed by atoms with Crippen LogP contribution in [-0.2, 0) is 17.6 Å². The first-order valence-corrected chi connectivity index (χ1v) is 6.94. The number of nitrogens with two attached hydrogens (primary N) is 1. The predicted molar refractivity (Wildman–Crippen MR) is 68.1 cm³/mol. The van der Waals surface area contributed by atoms with E-state index in [1.54, 1.807) is 0 Å². The molecule has 2 unspecified atom stereocenters. The highest BCUT2D eigenvalue weighted by Crippen LogP contribution is 2.25. The summed E-state index contributed by atoms with van der Waals surface area (Å²) in [4.78, 5) is 4.40. The van der Waals surface area contributed by atoms with Crippen molar-refractivity contribution >= 4 is 0 Å². The third-order valence-electron chi connectivity index (χ3n) is 3.59. The lowest BCUT2D eigenvalue weighted by Gasteiger charge is -2.27. The summed E-state index contributed by atoms with van der Waals surface area (Å²) in [5, 5.41) is 3.97. The first kappa shape index (κ1) is 13.5. The van der Waals surface area contributed by atoms with Crippen LogP contribution in [0.2, 0.25) is 0 Å². The molecule has 1 aliphatic carbocycles. The first-order valence-electron chi connectivity index (χ1n) is 6.94. The lowest BCUT2D eigenvalue weighted by molar-refractivity contribution is 0.149. The second-order valence-electron chi connectivity index (χ2n) is 4.96. The summed E-state index contributed by atoms with van der Waals surface area (Å²) in [5.74, 6) is 1.96. The van der Waals surface area contributed by atoms with E-state index in [1.165, 1.54) is 19.3 Å². The van der Waals surface area contributed by atoms with Crippen molar-refractivity contribution in [1.29, 1.82) is 0 Å². The average molecular weight is 253 g/mol. The van der Waals surface area contributed by atoms with Gasteiger partial charge in [0, 0.05) is 25.5 Å². The van der Waals surface area contributed by atoms with Gasteiger partial charge in [-0.1, -0.05) is 18.0 Å². The van der Waals surface area contributed by atoms with E-state index in [0.29, 0.717) is 18.9 Å². The van der Waals surface area contributed by atoms with Gasteiger partial charge in [0.2, 0.25) is 5.89 Å². The minimum absolute atomic E-state index is 0.289. The Kier molecular flexibility index (Phi) is 5.13. The van der Waals surface area contributed by atoms with E-state index in [1.807, 2.05) is 6.92 Å². The zero-order chi connectivity index (χ0) is 12.8. The van der Waals surface area contributed by atoms with E-state index in [0.717, 1.165) is 31.2 Å².